The van der Waals surface area contributed by atoms with Crippen molar-refractivity contribution in [1.29, 1.82) is 0 Å². The van der Waals surface area contributed by atoms with Gasteiger partial charge in [0.05, 0.1) is 5.60 Å². The van der Waals surface area contributed by atoms with Gasteiger partial charge in [-0.05, 0) is 51.2 Å². The lowest BCUT2D eigenvalue weighted by Crippen LogP contribution is -2.43. The predicted molar refractivity (Wildman–Crippen MR) is 102 cm³/mol. The minimum Gasteiger partial charge on any atom is -0.760 e. The summed E-state index contributed by atoms with van der Waals surface area (Å²) in [5.74, 6) is -1.15. The molecule has 2 N–H and O–H groups in total. The molecule has 0 amide bonds. The molecule has 1 aromatic carbocycles. The summed E-state index contributed by atoms with van der Waals surface area (Å²) in [5.41, 5.74) is 2.54. The number of carboxylic acid groups (broad SMARTS) is 1. The zero-order valence-electron chi connectivity index (χ0n) is 15.6. The summed E-state index contributed by atoms with van der Waals surface area (Å²) in [7, 11) is 0. The quantitative estimate of drug-likeness (QED) is 0.698. The van der Waals surface area contributed by atoms with Gasteiger partial charge >= 0.3 is 5.97 Å². The van der Waals surface area contributed by atoms with E-state index in [1.807, 2.05) is 24.3 Å². The molecule has 1 aliphatic rings. The minimum absolute atomic E-state index is 0.361. The molecule has 2 unspecified atom stereocenters. The molecule has 2 atom stereocenters. The Kier molecular flexibility index (Phi) is 5.71. The normalized spacial score (nSPS) is 18.6. The molecule has 27 heavy (non-hydrogen) atoms. The number of aromatic nitrogens is 1. The van der Waals surface area contributed by atoms with Crippen LogP contribution in [-0.2, 0) is 35.4 Å². The van der Waals surface area contributed by atoms with Crippen molar-refractivity contribution < 1.29 is 23.8 Å². The standard InChI is InChI=1S/C19H26N2O5S/c1-19(2,24)9-10-20-16-6-4-3-5-14(16)15-11-13(7-8-17(15)20)21(27(25)26)12-18(22)23/h3-6,13,24H,7-12H2,1-2H3,(H,22,23)(H,25,26)/p-1. The summed E-state index contributed by atoms with van der Waals surface area (Å²) in [6.07, 6.45) is 2.35. The Labute approximate surface area is 161 Å². The van der Waals surface area contributed by atoms with E-state index >= 15 is 0 Å². The molecule has 0 saturated carbocycles. The Bertz CT molecular complexity index is 871. The monoisotopic (exact) mass is 393 g/mol. The van der Waals surface area contributed by atoms with Gasteiger partial charge < -0.3 is 19.3 Å². The average Bonchev–Trinajstić information content (AvgIpc) is 2.90. The van der Waals surface area contributed by atoms with Gasteiger partial charge in [0.15, 0.2) is 0 Å². The molecule has 0 bridgehead atoms. The van der Waals surface area contributed by atoms with Crippen LogP contribution in [0.2, 0.25) is 0 Å². The molecule has 1 heterocycles. The van der Waals surface area contributed by atoms with Crippen LogP contribution in [0.4, 0.5) is 0 Å². The smallest absolute Gasteiger partial charge is 0.318 e. The third-order valence-corrected chi connectivity index (χ3v) is 6.00. The molecule has 3 rings (SSSR count). The zero-order chi connectivity index (χ0) is 19.8. The second kappa shape index (κ2) is 7.71. The second-order valence-electron chi connectivity index (χ2n) is 7.74. The van der Waals surface area contributed by atoms with Crippen molar-refractivity contribution in [2.24, 2.45) is 0 Å². The fourth-order valence-electron chi connectivity index (χ4n) is 3.91. The van der Waals surface area contributed by atoms with Crippen LogP contribution in [0.5, 0.6) is 0 Å². The molecular formula is C19H25N2O5S-. The number of nitrogens with zero attached hydrogens (tertiary/aromatic N) is 2. The number of fused-ring (bicyclic) bond motifs is 3. The van der Waals surface area contributed by atoms with Gasteiger partial charge in [-0.1, -0.05) is 18.2 Å². The molecule has 1 aliphatic carbocycles. The largest absolute Gasteiger partial charge is 0.760 e. The van der Waals surface area contributed by atoms with Crippen molar-refractivity contribution in [2.75, 3.05) is 6.54 Å². The molecule has 0 fully saturated rings. The van der Waals surface area contributed by atoms with E-state index in [4.69, 9.17) is 5.11 Å². The molecule has 1 aromatic heterocycles. The van der Waals surface area contributed by atoms with Crippen LogP contribution < -0.4 is 0 Å². The number of carbonyl (C=O) groups is 1. The van der Waals surface area contributed by atoms with Crippen molar-refractivity contribution in [3.63, 3.8) is 0 Å². The zero-order valence-corrected chi connectivity index (χ0v) is 16.4. The molecule has 8 heteroatoms. The lowest BCUT2D eigenvalue weighted by atomic mass is 9.91. The Morgan fingerprint density at radius 2 is 2.11 bits per heavy atom. The first-order valence-corrected chi connectivity index (χ1v) is 10.1. The van der Waals surface area contributed by atoms with Crippen LogP contribution in [-0.4, -0.2) is 52.0 Å². The summed E-state index contributed by atoms with van der Waals surface area (Å²) in [5, 5.41) is 20.2. The van der Waals surface area contributed by atoms with Gasteiger partial charge in [0.25, 0.3) is 0 Å². The topological polar surface area (TPSA) is 106 Å². The van der Waals surface area contributed by atoms with Crippen LogP contribution in [0.1, 0.15) is 37.9 Å². The highest BCUT2D eigenvalue weighted by molar-refractivity contribution is 7.76. The first-order chi connectivity index (χ1) is 12.7. The predicted octanol–water partition coefficient (Wildman–Crippen LogP) is 1.84. The Hall–Kier alpha value is -1.74. The third kappa shape index (κ3) is 4.40. The summed E-state index contributed by atoms with van der Waals surface area (Å²) in [6.45, 7) is 3.73. The van der Waals surface area contributed by atoms with Gasteiger partial charge in [-0.15, -0.1) is 0 Å². The molecule has 0 aliphatic heterocycles. The van der Waals surface area contributed by atoms with Gasteiger partial charge in [-0.2, -0.15) is 0 Å². The van der Waals surface area contributed by atoms with Gasteiger partial charge in [-0.3, -0.25) is 9.00 Å². The molecule has 0 saturated heterocycles. The molecule has 2 aromatic rings. The maximum absolute atomic E-state index is 11.6. The number of hydrogen-bond donors (Lipinski definition) is 2. The number of benzene rings is 1. The van der Waals surface area contributed by atoms with Crippen molar-refractivity contribution in [3.8, 4) is 0 Å². The van der Waals surface area contributed by atoms with E-state index in [0.717, 1.165) is 26.5 Å². The van der Waals surface area contributed by atoms with Gasteiger partial charge in [0.2, 0.25) is 0 Å². The van der Waals surface area contributed by atoms with E-state index in [1.54, 1.807) is 13.8 Å². The molecular weight excluding hydrogens is 368 g/mol. The van der Waals surface area contributed by atoms with E-state index in [0.29, 0.717) is 32.2 Å². The van der Waals surface area contributed by atoms with E-state index in [9.17, 15) is 18.7 Å². The first kappa shape index (κ1) is 20.0. The van der Waals surface area contributed by atoms with Crippen LogP contribution in [0.3, 0.4) is 0 Å². The highest BCUT2D eigenvalue weighted by atomic mass is 32.2. The molecule has 0 radical (unpaired) electrons. The number of aliphatic hydroxyl groups is 1. The van der Waals surface area contributed by atoms with Crippen molar-refractivity contribution in [2.45, 2.75) is 57.7 Å². The number of carboxylic acids is 1. The average molecular weight is 393 g/mol. The van der Waals surface area contributed by atoms with E-state index in [1.165, 1.54) is 0 Å². The van der Waals surface area contributed by atoms with Crippen LogP contribution in [0.15, 0.2) is 24.3 Å². The minimum atomic E-state index is -2.58. The SMILES string of the molecule is CC(C)(O)CCn1c2c(c3ccccc31)CC(N(CC(=O)O)S(=O)[O-])CC2. The fourth-order valence-corrected chi connectivity index (χ4v) is 4.55. The van der Waals surface area contributed by atoms with Crippen molar-refractivity contribution >= 4 is 28.1 Å². The maximum Gasteiger partial charge on any atom is 0.318 e. The summed E-state index contributed by atoms with van der Waals surface area (Å²) in [6, 6.07) is 7.61. The Morgan fingerprint density at radius 1 is 1.41 bits per heavy atom. The van der Waals surface area contributed by atoms with Crippen LogP contribution in [0, 0.1) is 0 Å². The molecule has 148 valence electrons. The van der Waals surface area contributed by atoms with Gasteiger partial charge in [0.1, 0.15) is 6.54 Å². The van der Waals surface area contributed by atoms with Crippen molar-refractivity contribution in [1.82, 2.24) is 8.87 Å². The van der Waals surface area contributed by atoms with Crippen LogP contribution in [0.25, 0.3) is 10.9 Å². The molecule has 7 nitrogen and oxygen atoms in total. The number of hydrogen-bond acceptors (Lipinski definition) is 4. The van der Waals surface area contributed by atoms with E-state index in [-0.39, 0.29) is 6.04 Å². The fraction of sp³-hybridized carbons (Fsp3) is 0.526. The molecule has 0 spiro atoms. The van der Waals surface area contributed by atoms with E-state index in [2.05, 4.69) is 4.57 Å². The summed E-state index contributed by atoms with van der Waals surface area (Å²) >= 11 is -2.58. The number of aryl methyl sites for hydroxylation is 1. The third-order valence-electron chi connectivity index (χ3n) is 5.19. The highest BCUT2D eigenvalue weighted by Gasteiger charge is 2.30. The highest BCUT2D eigenvalue weighted by Crippen LogP contribution is 2.34. The summed E-state index contributed by atoms with van der Waals surface area (Å²) < 4.78 is 26.4. The summed E-state index contributed by atoms with van der Waals surface area (Å²) in [4.78, 5) is 11.1. The van der Waals surface area contributed by atoms with Crippen LogP contribution >= 0.6 is 0 Å². The lowest BCUT2D eigenvalue weighted by molar-refractivity contribution is -0.137. The maximum atomic E-state index is 11.6. The Morgan fingerprint density at radius 3 is 2.74 bits per heavy atom. The second-order valence-corrected chi connectivity index (χ2v) is 8.64. The van der Waals surface area contributed by atoms with Crippen molar-refractivity contribution in [3.05, 3.63) is 35.5 Å². The van der Waals surface area contributed by atoms with E-state index < -0.39 is 29.4 Å². The number of rotatable bonds is 7. The first-order valence-electron chi connectivity index (χ1n) is 9.06. The number of aliphatic carboxylic acids is 1. The lowest BCUT2D eigenvalue weighted by Gasteiger charge is -2.34. The number of para-hydroxylation sites is 1. The Balaban J connectivity index is 1.96. The van der Waals surface area contributed by atoms with Gasteiger partial charge in [-0.25, -0.2) is 4.31 Å². The van der Waals surface area contributed by atoms with Gasteiger partial charge in [0, 0.05) is 40.4 Å².